The van der Waals surface area contributed by atoms with Crippen LogP contribution in [-0.2, 0) is 0 Å². The van der Waals surface area contributed by atoms with Gasteiger partial charge in [0.15, 0.2) is 0 Å². The summed E-state index contributed by atoms with van der Waals surface area (Å²) < 4.78 is 0.637. The molecule has 5 nitrogen and oxygen atoms in total. The van der Waals surface area contributed by atoms with Crippen molar-refractivity contribution >= 4 is 27.3 Å². The molecule has 1 aromatic rings. The van der Waals surface area contributed by atoms with Crippen LogP contribution in [0.2, 0.25) is 0 Å². The Labute approximate surface area is 108 Å². The third-order valence-electron chi connectivity index (χ3n) is 2.37. The van der Waals surface area contributed by atoms with Crippen LogP contribution in [0.15, 0.2) is 22.7 Å². The molecule has 0 saturated heterocycles. The summed E-state index contributed by atoms with van der Waals surface area (Å²) in [6.07, 6.45) is 0.594. The van der Waals surface area contributed by atoms with Crippen molar-refractivity contribution in [1.29, 1.82) is 0 Å². The number of hydrogen-bond acceptors (Lipinski definition) is 4. The Balaban J connectivity index is 2.90. The van der Waals surface area contributed by atoms with Crippen molar-refractivity contribution in [3.05, 3.63) is 32.8 Å². The highest BCUT2D eigenvalue weighted by Gasteiger charge is 2.18. The Morgan fingerprint density at radius 1 is 1.53 bits per heavy atom. The minimum Gasteiger partial charge on any atom is -0.396 e. The zero-order valence-corrected chi connectivity index (χ0v) is 11.3. The molecule has 94 valence electrons. The monoisotopic (exact) mass is 302 g/mol. The summed E-state index contributed by atoms with van der Waals surface area (Å²) in [5.74, 6) is 0. The van der Waals surface area contributed by atoms with Crippen molar-refractivity contribution in [3.63, 3.8) is 0 Å². The van der Waals surface area contributed by atoms with Gasteiger partial charge in [-0.3, -0.25) is 10.1 Å². The van der Waals surface area contributed by atoms with Gasteiger partial charge in [0, 0.05) is 34.4 Å². The van der Waals surface area contributed by atoms with Crippen LogP contribution in [0.1, 0.15) is 20.3 Å². The minimum absolute atomic E-state index is 0.0439. The SMILES string of the molecule is CC(C)(CCO)Nc1ccc([N+](=O)[O-])cc1Br. The van der Waals surface area contributed by atoms with Gasteiger partial charge < -0.3 is 10.4 Å². The molecule has 0 atom stereocenters. The van der Waals surface area contributed by atoms with Gasteiger partial charge in [0.1, 0.15) is 0 Å². The van der Waals surface area contributed by atoms with Crippen molar-refractivity contribution < 1.29 is 10.0 Å². The molecule has 0 spiro atoms. The lowest BCUT2D eigenvalue weighted by atomic mass is 10.0. The number of nitro groups is 1. The second kappa shape index (κ2) is 5.46. The van der Waals surface area contributed by atoms with E-state index in [1.54, 1.807) is 6.07 Å². The Bertz CT molecular complexity index is 421. The number of nitrogens with zero attached hydrogens (tertiary/aromatic N) is 1. The van der Waals surface area contributed by atoms with Gasteiger partial charge >= 0.3 is 0 Å². The number of aliphatic hydroxyl groups excluding tert-OH is 1. The molecule has 2 N–H and O–H groups in total. The molecule has 0 amide bonds. The normalized spacial score (nSPS) is 11.3. The molecule has 0 unspecified atom stereocenters. The molecular formula is C11H15BrN2O3. The number of benzene rings is 1. The molecule has 6 heteroatoms. The minimum atomic E-state index is -0.437. The molecule has 0 aliphatic heterocycles. The molecule has 0 fully saturated rings. The van der Waals surface area contributed by atoms with E-state index in [2.05, 4.69) is 21.2 Å². The maximum atomic E-state index is 10.6. The van der Waals surface area contributed by atoms with Crippen LogP contribution in [0.5, 0.6) is 0 Å². The number of non-ortho nitro benzene ring substituents is 1. The molecule has 0 aliphatic carbocycles. The highest BCUT2D eigenvalue weighted by molar-refractivity contribution is 9.10. The standard InChI is InChI=1S/C11H15BrN2O3/c1-11(2,5-6-15)13-10-4-3-8(14(16)17)7-9(10)12/h3-4,7,13,15H,5-6H2,1-2H3. The molecule has 0 saturated carbocycles. The van der Waals surface area contributed by atoms with Gasteiger partial charge in [-0.25, -0.2) is 0 Å². The van der Waals surface area contributed by atoms with Gasteiger partial charge in [0.2, 0.25) is 0 Å². The molecule has 0 radical (unpaired) electrons. The molecule has 0 aromatic heterocycles. The first-order valence-electron chi connectivity index (χ1n) is 5.19. The number of halogens is 1. The van der Waals surface area contributed by atoms with E-state index in [0.29, 0.717) is 10.9 Å². The second-order valence-electron chi connectivity index (χ2n) is 4.40. The summed E-state index contributed by atoms with van der Waals surface area (Å²) in [5.41, 5.74) is 0.546. The molecule has 0 heterocycles. The number of nitro benzene ring substituents is 1. The maximum absolute atomic E-state index is 10.6. The zero-order valence-electron chi connectivity index (χ0n) is 9.74. The summed E-state index contributed by atoms with van der Waals surface area (Å²) in [6, 6.07) is 4.56. The lowest BCUT2D eigenvalue weighted by Gasteiger charge is -2.27. The van der Waals surface area contributed by atoms with Crippen LogP contribution in [0.3, 0.4) is 0 Å². The first-order valence-corrected chi connectivity index (χ1v) is 5.98. The van der Waals surface area contributed by atoms with Gasteiger partial charge in [-0.2, -0.15) is 0 Å². The summed E-state index contributed by atoms with van der Waals surface area (Å²) in [7, 11) is 0. The number of nitrogens with one attached hydrogen (secondary N) is 1. The van der Waals surface area contributed by atoms with Gasteiger partial charge in [-0.05, 0) is 42.3 Å². The topological polar surface area (TPSA) is 75.4 Å². The Morgan fingerprint density at radius 2 is 2.18 bits per heavy atom. The van der Waals surface area contributed by atoms with Crippen molar-refractivity contribution in [2.75, 3.05) is 11.9 Å². The third-order valence-corrected chi connectivity index (χ3v) is 3.03. The van der Waals surface area contributed by atoms with Gasteiger partial charge in [-0.15, -0.1) is 0 Å². The maximum Gasteiger partial charge on any atom is 0.270 e. The van der Waals surface area contributed by atoms with Crippen LogP contribution >= 0.6 is 15.9 Å². The smallest absolute Gasteiger partial charge is 0.270 e. The van der Waals surface area contributed by atoms with E-state index in [1.165, 1.54) is 12.1 Å². The van der Waals surface area contributed by atoms with Crippen LogP contribution < -0.4 is 5.32 Å². The van der Waals surface area contributed by atoms with Crippen molar-refractivity contribution in [2.24, 2.45) is 0 Å². The summed E-state index contributed by atoms with van der Waals surface area (Å²) in [4.78, 5) is 10.1. The first kappa shape index (κ1) is 13.9. The average molecular weight is 303 g/mol. The van der Waals surface area contributed by atoms with E-state index in [9.17, 15) is 10.1 Å². The lowest BCUT2D eigenvalue weighted by molar-refractivity contribution is -0.384. The number of aliphatic hydroxyl groups is 1. The highest BCUT2D eigenvalue weighted by Crippen LogP contribution is 2.29. The molecule has 0 aliphatic rings. The number of anilines is 1. The molecule has 17 heavy (non-hydrogen) atoms. The third kappa shape index (κ3) is 3.98. The van der Waals surface area contributed by atoms with Crippen molar-refractivity contribution in [3.8, 4) is 0 Å². The lowest BCUT2D eigenvalue weighted by Crippen LogP contribution is -2.32. The van der Waals surface area contributed by atoms with Crippen LogP contribution in [0.25, 0.3) is 0 Å². The summed E-state index contributed by atoms with van der Waals surface area (Å²) >= 11 is 3.29. The number of hydrogen-bond donors (Lipinski definition) is 2. The molecule has 1 aromatic carbocycles. The van der Waals surface area contributed by atoms with Crippen molar-refractivity contribution in [2.45, 2.75) is 25.8 Å². The van der Waals surface area contributed by atoms with Crippen molar-refractivity contribution in [1.82, 2.24) is 0 Å². The average Bonchev–Trinajstić information content (AvgIpc) is 2.20. The van der Waals surface area contributed by atoms with E-state index < -0.39 is 4.92 Å². The Morgan fingerprint density at radius 3 is 2.65 bits per heavy atom. The fourth-order valence-electron chi connectivity index (χ4n) is 1.43. The quantitative estimate of drug-likeness (QED) is 0.648. The van der Waals surface area contributed by atoms with E-state index in [0.717, 1.165) is 5.69 Å². The van der Waals surface area contributed by atoms with Crippen LogP contribution in [0, 0.1) is 10.1 Å². The van der Waals surface area contributed by atoms with E-state index in [4.69, 9.17) is 5.11 Å². The highest BCUT2D eigenvalue weighted by atomic mass is 79.9. The zero-order chi connectivity index (χ0) is 13.1. The van der Waals surface area contributed by atoms with Gasteiger partial charge in [0.05, 0.1) is 4.92 Å². The summed E-state index contributed by atoms with van der Waals surface area (Å²) in [6.45, 7) is 4.00. The van der Waals surface area contributed by atoms with Crippen LogP contribution in [-0.4, -0.2) is 22.2 Å². The van der Waals surface area contributed by atoms with E-state index in [-0.39, 0.29) is 17.8 Å². The van der Waals surface area contributed by atoms with E-state index >= 15 is 0 Å². The van der Waals surface area contributed by atoms with Crippen LogP contribution in [0.4, 0.5) is 11.4 Å². The van der Waals surface area contributed by atoms with Gasteiger partial charge in [0.25, 0.3) is 5.69 Å². The van der Waals surface area contributed by atoms with Gasteiger partial charge in [-0.1, -0.05) is 0 Å². The first-order chi connectivity index (χ1) is 7.85. The molecule has 0 bridgehead atoms. The summed E-state index contributed by atoms with van der Waals surface area (Å²) in [5, 5.41) is 22.7. The largest absolute Gasteiger partial charge is 0.396 e. The number of rotatable bonds is 5. The molecular weight excluding hydrogens is 288 g/mol. The predicted octanol–water partition coefficient (Wildman–Crippen LogP) is 2.93. The second-order valence-corrected chi connectivity index (χ2v) is 5.26. The Hall–Kier alpha value is -1.14. The predicted molar refractivity (Wildman–Crippen MR) is 70.2 cm³/mol. The fourth-order valence-corrected chi connectivity index (χ4v) is 1.89. The van der Waals surface area contributed by atoms with E-state index in [1.807, 2.05) is 13.8 Å². The fraction of sp³-hybridized carbons (Fsp3) is 0.455. The Kier molecular flexibility index (Phi) is 4.47. The molecule has 1 rings (SSSR count).